The fourth-order valence-corrected chi connectivity index (χ4v) is 5.26. The minimum atomic E-state index is -3.56. The number of nitrogens with zero attached hydrogens (tertiary/aromatic N) is 5. The molecule has 0 atom stereocenters. The molecule has 0 N–H and O–H groups in total. The molecule has 0 aliphatic carbocycles. The summed E-state index contributed by atoms with van der Waals surface area (Å²) in [5.41, 5.74) is 2.16. The van der Waals surface area contributed by atoms with Crippen LogP contribution in [0, 0.1) is 0 Å². The molecule has 9 heteroatoms. The second-order valence-corrected chi connectivity index (χ2v) is 9.51. The number of rotatable bonds is 6. The van der Waals surface area contributed by atoms with Gasteiger partial charge < -0.3 is 9.47 Å². The molecular weight excluding hydrogens is 402 g/mol. The average molecular weight is 428 g/mol. The zero-order chi connectivity index (χ0) is 21.3. The molecule has 0 bridgehead atoms. The van der Waals surface area contributed by atoms with Gasteiger partial charge in [-0.2, -0.15) is 9.40 Å². The van der Waals surface area contributed by atoms with E-state index in [-0.39, 0.29) is 10.8 Å². The highest BCUT2D eigenvalue weighted by atomic mass is 32.2. The summed E-state index contributed by atoms with van der Waals surface area (Å²) in [4.78, 5) is 14.7. The van der Waals surface area contributed by atoms with E-state index in [1.807, 2.05) is 36.5 Å². The van der Waals surface area contributed by atoms with E-state index in [9.17, 15) is 13.2 Å². The van der Waals surface area contributed by atoms with Crippen molar-refractivity contribution in [3.8, 4) is 5.69 Å². The lowest BCUT2D eigenvalue weighted by Gasteiger charge is -2.16. The van der Waals surface area contributed by atoms with Crippen molar-refractivity contribution in [1.82, 2.24) is 23.6 Å². The van der Waals surface area contributed by atoms with Crippen LogP contribution in [0.5, 0.6) is 0 Å². The summed E-state index contributed by atoms with van der Waals surface area (Å²) < 4.78 is 30.4. The van der Waals surface area contributed by atoms with Crippen LogP contribution >= 0.6 is 0 Å². The van der Waals surface area contributed by atoms with Crippen LogP contribution in [-0.2, 0) is 23.6 Å². The van der Waals surface area contributed by atoms with Gasteiger partial charge in [-0.15, -0.1) is 0 Å². The van der Waals surface area contributed by atoms with Crippen molar-refractivity contribution >= 4 is 15.9 Å². The van der Waals surface area contributed by atoms with Gasteiger partial charge in [0.25, 0.3) is 5.91 Å². The van der Waals surface area contributed by atoms with Crippen molar-refractivity contribution in [3.63, 3.8) is 0 Å². The Bertz CT molecular complexity index is 1140. The van der Waals surface area contributed by atoms with E-state index in [1.165, 1.54) is 16.6 Å². The Morgan fingerprint density at radius 3 is 2.53 bits per heavy atom. The van der Waals surface area contributed by atoms with Crippen LogP contribution in [0.1, 0.15) is 28.9 Å². The summed E-state index contributed by atoms with van der Waals surface area (Å²) in [6.45, 7) is 1.43. The maximum absolute atomic E-state index is 13.0. The smallest absolute Gasteiger partial charge is 0.270 e. The van der Waals surface area contributed by atoms with Crippen molar-refractivity contribution in [3.05, 3.63) is 66.2 Å². The Morgan fingerprint density at radius 1 is 1.13 bits per heavy atom. The van der Waals surface area contributed by atoms with Crippen molar-refractivity contribution in [2.75, 3.05) is 20.1 Å². The largest absolute Gasteiger partial charge is 0.345 e. The predicted octanol–water partition coefficient (Wildman–Crippen LogP) is 2.27. The van der Waals surface area contributed by atoms with Gasteiger partial charge in [-0.05, 0) is 31.0 Å². The SMILES string of the molecule is CN(Cc1cnn(-c2ccccc2)c1)C(=O)c1cc(S(=O)(=O)N2CCCC2)cn1C. The molecule has 1 aromatic carbocycles. The van der Waals surface area contributed by atoms with Gasteiger partial charge in [-0.1, -0.05) is 18.2 Å². The molecule has 3 aromatic rings. The summed E-state index contributed by atoms with van der Waals surface area (Å²) in [6, 6.07) is 11.2. The number of hydrogen-bond acceptors (Lipinski definition) is 4. The molecule has 0 radical (unpaired) electrons. The fourth-order valence-electron chi connectivity index (χ4n) is 3.67. The van der Waals surface area contributed by atoms with E-state index in [2.05, 4.69) is 5.10 Å². The van der Waals surface area contributed by atoms with Gasteiger partial charge in [0.05, 0.1) is 11.9 Å². The van der Waals surface area contributed by atoms with Gasteiger partial charge in [0.1, 0.15) is 10.6 Å². The standard InChI is InChI=1S/C21H25N5O3S/c1-23-16-19(30(28,29)25-10-6-7-11-25)12-20(23)21(27)24(2)14-17-13-22-26(15-17)18-8-4-3-5-9-18/h3-5,8-9,12-13,15-16H,6-7,10-11,14H2,1-2H3. The Labute approximate surface area is 176 Å². The van der Waals surface area contributed by atoms with Crippen LogP contribution in [0.4, 0.5) is 0 Å². The van der Waals surface area contributed by atoms with E-state index < -0.39 is 10.0 Å². The lowest BCUT2D eigenvalue weighted by atomic mass is 10.3. The van der Waals surface area contributed by atoms with Crippen LogP contribution in [0.2, 0.25) is 0 Å². The number of carbonyl (C=O) groups is 1. The number of benzene rings is 1. The summed E-state index contributed by atoms with van der Waals surface area (Å²) in [6.07, 6.45) is 6.87. The van der Waals surface area contributed by atoms with Crippen LogP contribution < -0.4 is 0 Å². The monoisotopic (exact) mass is 427 g/mol. The molecule has 8 nitrogen and oxygen atoms in total. The first-order valence-corrected chi connectivity index (χ1v) is 11.3. The molecular formula is C21H25N5O3S. The van der Waals surface area contributed by atoms with Gasteiger partial charge in [-0.3, -0.25) is 4.79 Å². The zero-order valence-electron chi connectivity index (χ0n) is 17.1. The number of para-hydroxylation sites is 1. The van der Waals surface area contributed by atoms with Gasteiger partial charge >= 0.3 is 0 Å². The zero-order valence-corrected chi connectivity index (χ0v) is 17.9. The molecule has 30 heavy (non-hydrogen) atoms. The number of amides is 1. The molecule has 0 unspecified atom stereocenters. The highest BCUT2D eigenvalue weighted by Crippen LogP contribution is 2.23. The molecule has 1 aliphatic rings. The minimum Gasteiger partial charge on any atom is -0.345 e. The van der Waals surface area contributed by atoms with Gasteiger partial charge in [-0.25, -0.2) is 13.1 Å². The first kappa shape index (κ1) is 20.4. The second-order valence-electron chi connectivity index (χ2n) is 7.57. The molecule has 1 amide bonds. The third-order valence-corrected chi connectivity index (χ3v) is 7.19. The molecule has 4 rings (SSSR count). The number of hydrogen-bond donors (Lipinski definition) is 0. The number of aromatic nitrogens is 3. The van der Waals surface area contributed by atoms with E-state index >= 15 is 0 Å². The highest BCUT2D eigenvalue weighted by Gasteiger charge is 2.30. The first-order valence-electron chi connectivity index (χ1n) is 9.87. The third-order valence-electron chi connectivity index (χ3n) is 5.33. The number of carbonyl (C=O) groups excluding carboxylic acids is 1. The van der Waals surface area contributed by atoms with Crippen LogP contribution in [-0.4, -0.2) is 58.0 Å². The third kappa shape index (κ3) is 3.90. The maximum Gasteiger partial charge on any atom is 0.270 e. The molecule has 1 fully saturated rings. The summed E-state index contributed by atoms with van der Waals surface area (Å²) in [7, 11) is -0.167. The summed E-state index contributed by atoms with van der Waals surface area (Å²) in [5, 5.41) is 4.36. The number of sulfonamides is 1. The van der Waals surface area contributed by atoms with Crippen LogP contribution in [0.3, 0.4) is 0 Å². The van der Waals surface area contributed by atoms with Crippen molar-refractivity contribution in [1.29, 1.82) is 0 Å². The molecule has 0 saturated carbocycles. The Hall–Kier alpha value is -2.91. The number of aryl methyl sites for hydroxylation is 1. The topological polar surface area (TPSA) is 80.4 Å². The van der Waals surface area contributed by atoms with Crippen molar-refractivity contribution in [2.24, 2.45) is 7.05 Å². The van der Waals surface area contributed by atoms with E-state index in [1.54, 1.807) is 34.4 Å². The first-order chi connectivity index (χ1) is 14.4. The van der Waals surface area contributed by atoms with Gasteiger partial charge in [0, 0.05) is 51.7 Å². The van der Waals surface area contributed by atoms with Crippen LogP contribution in [0.15, 0.2) is 59.9 Å². The van der Waals surface area contributed by atoms with Gasteiger partial charge in [0.15, 0.2) is 0 Å². The van der Waals surface area contributed by atoms with Crippen molar-refractivity contribution < 1.29 is 13.2 Å². The summed E-state index contributed by atoms with van der Waals surface area (Å²) >= 11 is 0. The van der Waals surface area contributed by atoms with E-state index in [0.29, 0.717) is 25.3 Å². The van der Waals surface area contributed by atoms with E-state index in [0.717, 1.165) is 24.1 Å². The van der Waals surface area contributed by atoms with Gasteiger partial charge in [0.2, 0.25) is 10.0 Å². The normalized spacial score (nSPS) is 14.9. The molecule has 0 spiro atoms. The predicted molar refractivity (Wildman–Crippen MR) is 113 cm³/mol. The van der Waals surface area contributed by atoms with Crippen LogP contribution in [0.25, 0.3) is 5.69 Å². The lowest BCUT2D eigenvalue weighted by Crippen LogP contribution is -2.28. The lowest BCUT2D eigenvalue weighted by molar-refractivity contribution is 0.0775. The molecule has 2 aromatic heterocycles. The minimum absolute atomic E-state index is 0.167. The second kappa shape index (κ2) is 8.08. The molecule has 3 heterocycles. The molecule has 1 aliphatic heterocycles. The molecule has 158 valence electrons. The van der Waals surface area contributed by atoms with E-state index in [4.69, 9.17) is 0 Å². The summed E-state index contributed by atoms with van der Waals surface area (Å²) in [5.74, 6) is -0.243. The quantitative estimate of drug-likeness (QED) is 0.604. The Balaban J connectivity index is 1.49. The Morgan fingerprint density at radius 2 is 1.83 bits per heavy atom. The Kier molecular flexibility index (Phi) is 5.48. The highest BCUT2D eigenvalue weighted by molar-refractivity contribution is 7.89. The average Bonchev–Trinajstić information content (AvgIpc) is 3.49. The molecule has 1 saturated heterocycles. The maximum atomic E-state index is 13.0. The van der Waals surface area contributed by atoms with Crippen molar-refractivity contribution in [2.45, 2.75) is 24.3 Å². The fraction of sp³-hybridized carbons (Fsp3) is 0.333.